The zero-order valence-electron chi connectivity index (χ0n) is 34.4. The number of nitrogens with zero attached hydrogens (tertiary/aromatic N) is 5. The molecule has 296 valence electrons. The van der Waals surface area contributed by atoms with Gasteiger partial charge in [0.05, 0.1) is 5.52 Å². The van der Waals surface area contributed by atoms with Crippen molar-refractivity contribution in [1.29, 1.82) is 0 Å². The van der Waals surface area contributed by atoms with E-state index < -0.39 is 0 Å². The maximum absolute atomic E-state index is 5.26. The van der Waals surface area contributed by atoms with Gasteiger partial charge in [-0.15, -0.1) is 0 Å². The molecule has 0 aliphatic rings. The Kier molecular flexibility index (Phi) is 8.15. The SMILES string of the molecule is c1ccc(-c2nc(-c3ccncc3)nc(-c3cnc4c5ccccc5c5cc(-c6c7ccccc7c(-c7cccc8ccccc78)c7ccccc67)c6ccccc6c5c4c3)n2)cc1. The minimum absolute atomic E-state index is 0.557. The normalized spacial score (nSPS) is 11.8. The van der Waals surface area contributed by atoms with Crippen LogP contribution in [0.2, 0.25) is 0 Å². The first-order chi connectivity index (χ1) is 31.8. The Morgan fingerprint density at radius 3 is 1.47 bits per heavy atom. The highest BCUT2D eigenvalue weighted by Gasteiger charge is 2.22. The van der Waals surface area contributed by atoms with E-state index in [1.807, 2.05) is 48.7 Å². The minimum atomic E-state index is 0.557. The zero-order chi connectivity index (χ0) is 42.1. The highest BCUT2D eigenvalue weighted by Crippen LogP contribution is 2.49. The van der Waals surface area contributed by atoms with Gasteiger partial charge in [0, 0.05) is 46.1 Å². The quantitative estimate of drug-likeness (QED) is 0.128. The van der Waals surface area contributed by atoms with Crippen molar-refractivity contribution in [3.63, 3.8) is 0 Å². The van der Waals surface area contributed by atoms with E-state index in [4.69, 9.17) is 19.9 Å². The van der Waals surface area contributed by atoms with Crippen molar-refractivity contribution in [1.82, 2.24) is 24.9 Å². The lowest BCUT2D eigenvalue weighted by Gasteiger charge is -2.21. The molecule has 64 heavy (non-hydrogen) atoms. The van der Waals surface area contributed by atoms with Crippen LogP contribution < -0.4 is 0 Å². The van der Waals surface area contributed by atoms with Crippen LogP contribution in [0.3, 0.4) is 0 Å². The molecule has 0 fully saturated rings. The average molecular weight is 814 g/mol. The molecular weight excluding hydrogens is 779 g/mol. The van der Waals surface area contributed by atoms with Crippen LogP contribution in [-0.4, -0.2) is 24.9 Å². The number of fused-ring (bicyclic) bond motifs is 11. The Morgan fingerprint density at radius 2 is 0.797 bits per heavy atom. The topological polar surface area (TPSA) is 64.5 Å². The summed E-state index contributed by atoms with van der Waals surface area (Å²) < 4.78 is 0. The van der Waals surface area contributed by atoms with Gasteiger partial charge < -0.3 is 0 Å². The third-order valence-electron chi connectivity index (χ3n) is 12.8. The third kappa shape index (κ3) is 5.61. The maximum Gasteiger partial charge on any atom is 0.165 e. The Morgan fingerprint density at radius 1 is 0.297 bits per heavy atom. The van der Waals surface area contributed by atoms with Crippen molar-refractivity contribution < 1.29 is 0 Å². The van der Waals surface area contributed by atoms with Crippen LogP contribution in [0.1, 0.15) is 0 Å². The predicted molar refractivity (Wildman–Crippen MR) is 265 cm³/mol. The predicted octanol–water partition coefficient (Wildman–Crippen LogP) is 15.1. The largest absolute Gasteiger partial charge is 0.265 e. The standard InChI is InChI=1S/C59H35N5/c1-2-16-37(17-3-1)57-62-58(38-29-31-60-32-30-38)64-59(63-57)39-33-52-55-44-22-8-6-20-41(44)50(34-51(55)42-21-7-13-27-49(42)56(52)61-35-39)54-47-25-11-9-23-45(47)53(46-24-10-12-26-48(46)54)43-28-14-18-36-15-4-5-19-40(36)43/h1-35H. The van der Waals surface area contributed by atoms with Crippen molar-refractivity contribution in [2.24, 2.45) is 0 Å². The van der Waals surface area contributed by atoms with Gasteiger partial charge in [-0.3, -0.25) is 9.97 Å². The molecule has 0 saturated carbocycles. The number of rotatable bonds is 5. The second-order valence-corrected chi connectivity index (χ2v) is 16.3. The van der Waals surface area contributed by atoms with E-state index in [0.29, 0.717) is 17.5 Å². The van der Waals surface area contributed by atoms with E-state index in [0.717, 1.165) is 49.1 Å². The molecule has 3 heterocycles. The summed E-state index contributed by atoms with van der Waals surface area (Å²) in [6.45, 7) is 0. The fourth-order valence-electron chi connectivity index (χ4n) is 10.0. The monoisotopic (exact) mass is 813 g/mol. The summed E-state index contributed by atoms with van der Waals surface area (Å²) in [6, 6.07) is 69.4. The molecule has 3 aromatic heterocycles. The third-order valence-corrected chi connectivity index (χ3v) is 12.8. The molecule has 0 atom stereocenters. The molecule has 0 aliphatic heterocycles. The number of hydrogen-bond acceptors (Lipinski definition) is 5. The smallest absolute Gasteiger partial charge is 0.165 e. The summed E-state index contributed by atoms with van der Waals surface area (Å²) in [5.74, 6) is 1.74. The highest BCUT2D eigenvalue weighted by molar-refractivity contribution is 6.34. The summed E-state index contributed by atoms with van der Waals surface area (Å²) >= 11 is 0. The number of pyridine rings is 2. The van der Waals surface area contributed by atoms with Gasteiger partial charge >= 0.3 is 0 Å². The van der Waals surface area contributed by atoms with Gasteiger partial charge in [-0.25, -0.2) is 15.0 Å². The fourth-order valence-corrected chi connectivity index (χ4v) is 10.0. The average Bonchev–Trinajstić information content (AvgIpc) is 3.38. The second kappa shape index (κ2) is 14.5. The molecular formula is C59H35N5. The zero-order valence-corrected chi connectivity index (χ0v) is 34.4. The van der Waals surface area contributed by atoms with E-state index in [2.05, 4.69) is 157 Å². The Balaban J connectivity index is 1.12. The van der Waals surface area contributed by atoms with Gasteiger partial charge in [0.1, 0.15) is 0 Å². The molecule has 0 saturated heterocycles. The van der Waals surface area contributed by atoms with E-state index in [1.165, 1.54) is 65.3 Å². The van der Waals surface area contributed by atoms with Crippen LogP contribution in [0.4, 0.5) is 0 Å². The van der Waals surface area contributed by atoms with Crippen molar-refractivity contribution in [2.75, 3.05) is 0 Å². The molecule has 0 aliphatic carbocycles. The van der Waals surface area contributed by atoms with Gasteiger partial charge in [0.15, 0.2) is 17.5 Å². The molecule has 5 nitrogen and oxygen atoms in total. The lowest BCUT2D eigenvalue weighted by Crippen LogP contribution is -2.00. The van der Waals surface area contributed by atoms with Gasteiger partial charge in [0.25, 0.3) is 0 Å². The fraction of sp³-hybridized carbons (Fsp3) is 0. The van der Waals surface area contributed by atoms with Crippen LogP contribution in [0.15, 0.2) is 213 Å². The molecule has 13 rings (SSSR count). The van der Waals surface area contributed by atoms with E-state index in [-0.39, 0.29) is 0 Å². The first-order valence-corrected chi connectivity index (χ1v) is 21.6. The molecule has 0 amide bonds. The number of hydrogen-bond donors (Lipinski definition) is 0. The number of benzene rings is 10. The number of aromatic nitrogens is 5. The summed E-state index contributed by atoms with van der Waals surface area (Å²) in [5.41, 5.74) is 8.45. The lowest BCUT2D eigenvalue weighted by atomic mass is 9.82. The van der Waals surface area contributed by atoms with Crippen molar-refractivity contribution in [3.05, 3.63) is 213 Å². The van der Waals surface area contributed by atoms with Crippen LogP contribution in [-0.2, 0) is 0 Å². The molecule has 10 aromatic carbocycles. The maximum atomic E-state index is 5.26. The van der Waals surface area contributed by atoms with Gasteiger partial charge in [0.2, 0.25) is 0 Å². The van der Waals surface area contributed by atoms with Crippen molar-refractivity contribution in [2.45, 2.75) is 0 Å². The summed E-state index contributed by atoms with van der Waals surface area (Å²) in [5, 5.41) is 15.3. The van der Waals surface area contributed by atoms with Crippen molar-refractivity contribution in [3.8, 4) is 56.4 Å². The Bertz CT molecular complexity index is 3900. The van der Waals surface area contributed by atoms with Gasteiger partial charge in [-0.1, -0.05) is 170 Å². The molecule has 13 aromatic rings. The van der Waals surface area contributed by atoms with Crippen LogP contribution >= 0.6 is 0 Å². The first-order valence-electron chi connectivity index (χ1n) is 21.6. The summed E-state index contributed by atoms with van der Waals surface area (Å²) in [6.07, 6.45) is 5.44. The van der Waals surface area contributed by atoms with Crippen LogP contribution in [0.5, 0.6) is 0 Å². The molecule has 5 heteroatoms. The highest BCUT2D eigenvalue weighted by atomic mass is 15.0. The van der Waals surface area contributed by atoms with Crippen LogP contribution in [0.25, 0.3) is 132 Å². The second-order valence-electron chi connectivity index (χ2n) is 16.3. The van der Waals surface area contributed by atoms with Crippen molar-refractivity contribution >= 4 is 75.5 Å². The van der Waals surface area contributed by atoms with E-state index in [9.17, 15) is 0 Å². The molecule has 0 N–H and O–H groups in total. The molecule has 0 unspecified atom stereocenters. The summed E-state index contributed by atoms with van der Waals surface area (Å²) in [7, 11) is 0. The Labute approximate surface area is 368 Å². The first kappa shape index (κ1) is 36.0. The van der Waals surface area contributed by atoms with Crippen LogP contribution in [0, 0.1) is 0 Å². The van der Waals surface area contributed by atoms with E-state index in [1.54, 1.807) is 12.4 Å². The summed E-state index contributed by atoms with van der Waals surface area (Å²) in [4.78, 5) is 24.6. The lowest BCUT2D eigenvalue weighted by molar-refractivity contribution is 1.07. The molecule has 0 bridgehead atoms. The molecule has 0 spiro atoms. The van der Waals surface area contributed by atoms with E-state index >= 15 is 0 Å². The van der Waals surface area contributed by atoms with Gasteiger partial charge in [-0.2, -0.15) is 0 Å². The minimum Gasteiger partial charge on any atom is -0.265 e. The molecule has 0 radical (unpaired) electrons. The van der Waals surface area contributed by atoms with Gasteiger partial charge in [-0.05, 0) is 106 Å². The Hall–Kier alpha value is -8.67.